The predicted molar refractivity (Wildman–Crippen MR) is 66.1 cm³/mol. The molecule has 0 spiro atoms. The lowest BCUT2D eigenvalue weighted by molar-refractivity contribution is 0.409. The Balaban J connectivity index is 2.58. The lowest BCUT2D eigenvalue weighted by Gasteiger charge is -2.20. The molecule has 1 aromatic rings. The van der Waals surface area contributed by atoms with E-state index in [2.05, 4.69) is 39.8 Å². The van der Waals surface area contributed by atoms with Crippen LogP contribution in [-0.2, 0) is 5.41 Å². The maximum atomic E-state index is 6.12. The number of nitrogen functional groups attached to an aromatic ring is 1. The Morgan fingerprint density at radius 3 is 2.60 bits per heavy atom. The first-order chi connectivity index (χ1) is 6.93. The van der Waals surface area contributed by atoms with Crippen LogP contribution in [0.1, 0.15) is 51.2 Å². The third kappa shape index (κ3) is 1.54. The second-order valence-electron chi connectivity index (χ2n) is 5.75. The third-order valence-corrected chi connectivity index (χ3v) is 3.77. The van der Waals surface area contributed by atoms with E-state index < -0.39 is 0 Å². The highest BCUT2D eigenvalue weighted by atomic mass is 14.6. The van der Waals surface area contributed by atoms with Crippen molar-refractivity contribution in [3.63, 3.8) is 0 Å². The van der Waals surface area contributed by atoms with Gasteiger partial charge in [-0.15, -0.1) is 0 Å². The highest BCUT2D eigenvalue weighted by molar-refractivity contribution is 5.58. The molecule has 1 heteroatoms. The fourth-order valence-corrected chi connectivity index (χ4v) is 2.92. The van der Waals surface area contributed by atoms with Gasteiger partial charge < -0.3 is 5.73 Å². The first kappa shape index (κ1) is 10.5. The monoisotopic (exact) mass is 203 g/mol. The molecule has 15 heavy (non-hydrogen) atoms. The number of benzene rings is 1. The maximum absolute atomic E-state index is 6.12. The molecule has 0 radical (unpaired) electrons. The second-order valence-corrected chi connectivity index (χ2v) is 5.75. The summed E-state index contributed by atoms with van der Waals surface area (Å²) >= 11 is 0. The van der Waals surface area contributed by atoms with Gasteiger partial charge in [0, 0.05) is 5.69 Å². The molecule has 1 aliphatic carbocycles. The zero-order chi connectivity index (χ0) is 11.2. The number of hydrogen-bond acceptors (Lipinski definition) is 1. The number of nitrogens with two attached hydrogens (primary N) is 1. The molecular formula is C14H21N. The fourth-order valence-electron chi connectivity index (χ4n) is 2.92. The molecule has 82 valence electrons. The summed E-state index contributed by atoms with van der Waals surface area (Å²) in [5.74, 6) is 1.31. The van der Waals surface area contributed by atoms with Crippen LogP contribution in [0.5, 0.6) is 0 Å². The zero-order valence-corrected chi connectivity index (χ0v) is 10.2. The van der Waals surface area contributed by atoms with Gasteiger partial charge in [-0.2, -0.15) is 0 Å². The van der Waals surface area contributed by atoms with Crippen LogP contribution in [0.2, 0.25) is 0 Å². The van der Waals surface area contributed by atoms with Crippen molar-refractivity contribution >= 4 is 5.69 Å². The van der Waals surface area contributed by atoms with Crippen molar-refractivity contribution < 1.29 is 0 Å². The van der Waals surface area contributed by atoms with Crippen LogP contribution < -0.4 is 5.73 Å². The lowest BCUT2D eigenvalue weighted by Crippen LogP contribution is -2.13. The van der Waals surface area contributed by atoms with Crippen LogP contribution in [0.4, 0.5) is 5.69 Å². The van der Waals surface area contributed by atoms with Crippen molar-refractivity contribution in [2.24, 2.45) is 5.92 Å². The molecule has 0 heterocycles. The number of rotatable bonds is 1. The van der Waals surface area contributed by atoms with E-state index in [0.717, 1.165) is 5.69 Å². The van der Waals surface area contributed by atoms with Gasteiger partial charge in [-0.3, -0.25) is 0 Å². The van der Waals surface area contributed by atoms with Crippen LogP contribution in [-0.4, -0.2) is 0 Å². The number of anilines is 1. The van der Waals surface area contributed by atoms with Gasteiger partial charge in [0.1, 0.15) is 0 Å². The molecule has 0 saturated heterocycles. The van der Waals surface area contributed by atoms with Crippen molar-refractivity contribution in [3.8, 4) is 0 Å². The Kier molecular flexibility index (Phi) is 2.29. The summed E-state index contributed by atoms with van der Waals surface area (Å²) in [6.07, 6.45) is 1.23. The van der Waals surface area contributed by atoms with Crippen LogP contribution in [0, 0.1) is 5.92 Å². The van der Waals surface area contributed by atoms with Gasteiger partial charge in [-0.1, -0.05) is 39.8 Å². The second kappa shape index (κ2) is 3.26. The Bertz CT molecular complexity index is 377. The molecule has 2 N–H and O–H groups in total. The Morgan fingerprint density at radius 1 is 1.33 bits per heavy atom. The lowest BCUT2D eigenvalue weighted by atomic mass is 9.84. The average molecular weight is 203 g/mol. The highest BCUT2D eigenvalue weighted by Gasteiger charge is 2.38. The first-order valence-electron chi connectivity index (χ1n) is 5.82. The number of hydrogen-bond donors (Lipinski definition) is 1. The van der Waals surface area contributed by atoms with Gasteiger partial charge in [0.25, 0.3) is 0 Å². The topological polar surface area (TPSA) is 26.0 Å². The molecule has 0 aliphatic heterocycles. The predicted octanol–water partition coefficient (Wildman–Crippen LogP) is 3.69. The van der Waals surface area contributed by atoms with Crippen LogP contribution in [0.3, 0.4) is 0 Å². The fraction of sp³-hybridized carbons (Fsp3) is 0.571. The van der Waals surface area contributed by atoms with Gasteiger partial charge in [0.15, 0.2) is 0 Å². The summed E-state index contributed by atoms with van der Waals surface area (Å²) < 4.78 is 0. The standard InChI is InChI=1S/C14H21N/c1-9(2)10-8-14(3,4)11-6-5-7-12(15)13(10)11/h5-7,9-10H,8,15H2,1-4H3/t10-/m1/s1. The summed E-state index contributed by atoms with van der Waals surface area (Å²) in [7, 11) is 0. The maximum Gasteiger partial charge on any atom is 0.0352 e. The van der Waals surface area contributed by atoms with E-state index in [1.54, 1.807) is 0 Å². The molecule has 0 unspecified atom stereocenters. The van der Waals surface area contributed by atoms with E-state index in [1.807, 2.05) is 6.07 Å². The van der Waals surface area contributed by atoms with Gasteiger partial charge in [-0.05, 0) is 40.9 Å². The zero-order valence-electron chi connectivity index (χ0n) is 10.2. The van der Waals surface area contributed by atoms with E-state index in [0.29, 0.717) is 17.3 Å². The van der Waals surface area contributed by atoms with E-state index in [9.17, 15) is 0 Å². The van der Waals surface area contributed by atoms with Crippen molar-refractivity contribution in [1.82, 2.24) is 0 Å². The van der Waals surface area contributed by atoms with Crippen LogP contribution in [0.25, 0.3) is 0 Å². The molecule has 1 nitrogen and oxygen atoms in total. The summed E-state index contributed by atoms with van der Waals surface area (Å²) in [6.45, 7) is 9.24. The average Bonchev–Trinajstić information content (AvgIpc) is 2.40. The van der Waals surface area contributed by atoms with Gasteiger partial charge in [-0.25, -0.2) is 0 Å². The van der Waals surface area contributed by atoms with Crippen LogP contribution >= 0.6 is 0 Å². The molecule has 1 aromatic carbocycles. The van der Waals surface area contributed by atoms with Crippen LogP contribution in [0.15, 0.2) is 18.2 Å². The minimum absolute atomic E-state index is 0.291. The van der Waals surface area contributed by atoms with E-state index in [4.69, 9.17) is 5.73 Å². The minimum atomic E-state index is 0.291. The van der Waals surface area contributed by atoms with Gasteiger partial charge in [0.05, 0.1) is 0 Å². The summed E-state index contributed by atoms with van der Waals surface area (Å²) in [5, 5.41) is 0. The summed E-state index contributed by atoms with van der Waals surface area (Å²) in [4.78, 5) is 0. The highest BCUT2D eigenvalue weighted by Crippen LogP contribution is 2.50. The Hall–Kier alpha value is -0.980. The number of fused-ring (bicyclic) bond motifs is 1. The molecule has 0 saturated carbocycles. The normalized spacial score (nSPS) is 23.1. The van der Waals surface area contributed by atoms with Gasteiger partial charge >= 0.3 is 0 Å². The molecule has 0 aromatic heterocycles. The van der Waals surface area contributed by atoms with Crippen molar-refractivity contribution in [2.45, 2.75) is 45.4 Å². The molecule has 0 bridgehead atoms. The Labute approximate surface area is 92.7 Å². The molecular weight excluding hydrogens is 182 g/mol. The van der Waals surface area contributed by atoms with Gasteiger partial charge in [0.2, 0.25) is 0 Å². The summed E-state index contributed by atoms with van der Waals surface area (Å²) in [6, 6.07) is 6.36. The molecule has 0 fully saturated rings. The van der Waals surface area contributed by atoms with Crippen molar-refractivity contribution in [1.29, 1.82) is 0 Å². The molecule has 0 amide bonds. The SMILES string of the molecule is CC(C)[C@H]1CC(C)(C)c2cccc(N)c21. The quantitative estimate of drug-likeness (QED) is 0.692. The van der Waals surface area contributed by atoms with E-state index in [1.165, 1.54) is 17.5 Å². The van der Waals surface area contributed by atoms with Crippen molar-refractivity contribution in [2.75, 3.05) is 5.73 Å². The van der Waals surface area contributed by atoms with Crippen molar-refractivity contribution in [3.05, 3.63) is 29.3 Å². The van der Waals surface area contributed by atoms with E-state index in [-0.39, 0.29) is 0 Å². The third-order valence-electron chi connectivity index (χ3n) is 3.77. The van der Waals surface area contributed by atoms with E-state index >= 15 is 0 Å². The Morgan fingerprint density at radius 2 is 2.00 bits per heavy atom. The summed E-state index contributed by atoms with van der Waals surface area (Å²) in [5.41, 5.74) is 10.3. The molecule has 2 rings (SSSR count). The minimum Gasteiger partial charge on any atom is -0.398 e. The smallest absolute Gasteiger partial charge is 0.0352 e. The molecule has 1 aliphatic rings. The molecule has 1 atom stereocenters. The largest absolute Gasteiger partial charge is 0.398 e. The first-order valence-corrected chi connectivity index (χ1v) is 5.82.